The highest BCUT2D eigenvalue weighted by Crippen LogP contribution is 2.24. The monoisotopic (exact) mass is 333 g/mol. The zero-order valence-corrected chi connectivity index (χ0v) is 15.8. The Morgan fingerprint density at radius 1 is 1.29 bits per heavy atom. The third-order valence-electron chi connectivity index (χ3n) is 4.58. The van der Waals surface area contributed by atoms with Gasteiger partial charge in [0.25, 0.3) is 0 Å². The molecular weight excluding hydrogens is 302 g/mol. The van der Waals surface area contributed by atoms with E-state index in [4.69, 9.17) is 9.52 Å². The maximum atomic E-state index is 9.78. The Bertz CT molecular complexity index is 634. The van der Waals surface area contributed by atoms with Crippen LogP contribution in [0.25, 0.3) is 0 Å². The molecule has 0 saturated heterocycles. The van der Waals surface area contributed by atoms with Crippen molar-refractivity contribution >= 4 is 0 Å². The summed E-state index contributed by atoms with van der Waals surface area (Å²) in [5, 5.41) is 14.5. The van der Waals surface area contributed by atoms with Crippen molar-refractivity contribution < 1.29 is 9.52 Å². The molecule has 0 aromatic carbocycles. The highest BCUT2D eigenvalue weighted by atomic mass is 16.3. The molecule has 0 radical (unpaired) electrons. The van der Waals surface area contributed by atoms with Gasteiger partial charge in [-0.15, -0.1) is 0 Å². The highest BCUT2D eigenvalue weighted by molar-refractivity contribution is 5.25. The van der Waals surface area contributed by atoms with E-state index in [0.29, 0.717) is 6.54 Å². The van der Waals surface area contributed by atoms with Crippen molar-refractivity contribution in [1.82, 2.24) is 14.7 Å². The van der Waals surface area contributed by atoms with Crippen LogP contribution in [0.5, 0.6) is 0 Å². The summed E-state index contributed by atoms with van der Waals surface area (Å²) in [6.45, 7) is 14.4. The van der Waals surface area contributed by atoms with Crippen LogP contribution in [0, 0.1) is 13.8 Å². The summed E-state index contributed by atoms with van der Waals surface area (Å²) in [4.78, 5) is 2.28. The van der Waals surface area contributed by atoms with Gasteiger partial charge in [-0.3, -0.25) is 9.58 Å². The topological polar surface area (TPSA) is 54.4 Å². The van der Waals surface area contributed by atoms with E-state index in [1.165, 1.54) is 11.3 Å². The van der Waals surface area contributed by atoms with Gasteiger partial charge in [0.15, 0.2) is 0 Å². The average molecular weight is 333 g/mol. The molecule has 0 bridgehead atoms. The van der Waals surface area contributed by atoms with Crippen LogP contribution in [-0.2, 0) is 18.6 Å². The number of aromatic nitrogens is 2. The fraction of sp³-hybridized carbons (Fsp3) is 0.632. The molecule has 0 spiro atoms. The maximum absolute atomic E-state index is 9.78. The van der Waals surface area contributed by atoms with Crippen molar-refractivity contribution in [3.63, 3.8) is 0 Å². The van der Waals surface area contributed by atoms with Crippen molar-refractivity contribution in [2.75, 3.05) is 6.61 Å². The average Bonchev–Trinajstić information content (AvgIpc) is 3.11. The first kappa shape index (κ1) is 18.7. The number of furan rings is 1. The van der Waals surface area contributed by atoms with Gasteiger partial charge < -0.3 is 9.52 Å². The minimum atomic E-state index is -0.0416. The van der Waals surface area contributed by atoms with Crippen LogP contribution in [0.4, 0.5) is 0 Å². The molecule has 134 valence electrons. The molecule has 0 amide bonds. The lowest BCUT2D eigenvalue weighted by atomic mass is 10.1. The van der Waals surface area contributed by atoms with E-state index < -0.39 is 0 Å². The van der Waals surface area contributed by atoms with Crippen molar-refractivity contribution in [1.29, 1.82) is 0 Å². The Balaban J connectivity index is 2.30. The molecule has 0 aliphatic rings. The molecule has 2 heterocycles. The zero-order valence-electron chi connectivity index (χ0n) is 15.8. The standard InChI is InChI=1S/C19H31N3O2/c1-7-16(13-23)21(11-17-9-8-10-24-17)12-18-14(2)20-22(15(18)3)19(4,5)6/h8-10,16,23H,7,11-13H2,1-6H3. The summed E-state index contributed by atoms with van der Waals surface area (Å²) in [6.07, 6.45) is 2.59. The van der Waals surface area contributed by atoms with Gasteiger partial charge in [-0.2, -0.15) is 5.10 Å². The van der Waals surface area contributed by atoms with E-state index in [0.717, 1.165) is 24.4 Å². The lowest BCUT2D eigenvalue weighted by Crippen LogP contribution is -2.36. The number of aliphatic hydroxyl groups excluding tert-OH is 1. The lowest BCUT2D eigenvalue weighted by molar-refractivity contribution is 0.0994. The van der Waals surface area contributed by atoms with Gasteiger partial charge in [-0.25, -0.2) is 0 Å². The fourth-order valence-electron chi connectivity index (χ4n) is 3.18. The summed E-state index contributed by atoms with van der Waals surface area (Å²) in [5.41, 5.74) is 3.44. The maximum Gasteiger partial charge on any atom is 0.117 e. The van der Waals surface area contributed by atoms with Crippen LogP contribution in [0.3, 0.4) is 0 Å². The van der Waals surface area contributed by atoms with Crippen molar-refractivity contribution in [3.05, 3.63) is 41.1 Å². The molecule has 5 heteroatoms. The largest absolute Gasteiger partial charge is 0.468 e. The molecule has 2 rings (SSSR count). The number of rotatable bonds is 7. The van der Waals surface area contributed by atoms with Gasteiger partial charge in [0.2, 0.25) is 0 Å². The van der Waals surface area contributed by atoms with E-state index in [1.807, 2.05) is 12.1 Å². The van der Waals surface area contributed by atoms with Crippen molar-refractivity contribution in [2.45, 2.75) is 72.6 Å². The number of nitrogens with zero attached hydrogens (tertiary/aromatic N) is 3. The highest BCUT2D eigenvalue weighted by Gasteiger charge is 2.24. The second-order valence-electron chi connectivity index (χ2n) is 7.46. The third kappa shape index (κ3) is 4.08. The molecule has 0 fully saturated rings. The van der Waals surface area contributed by atoms with Gasteiger partial charge in [0, 0.05) is 23.8 Å². The molecule has 0 saturated carbocycles. The van der Waals surface area contributed by atoms with E-state index in [-0.39, 0.29) is 18.2 Å². The summed E-state index contributed by atoms with van der Waals surface area (Å²) >= 11 is 0. The van der Waals surface area contributed by atoms with Crippen LogP contribution < -0.4 is 0 Å². The second-order valence-corrected chi connectivity index (χ2v) is 7.46. The quantitative estimate of drug-likeness (QED) is 0.841. The van der Waals surface area contributed by atoms with Crippen LogP contribution in [0.15, 0.2) is 22.8 Å². The Morgan fingerprint density at radius 3 is 2.46 bits per heavy atom. The predicted octanol–water partition coefficient (Wildman–Crippen LogP) is 3.62. The summed E-state index contributed by atoms with van der Waals surface area (Å²) in [7, 11) is 0. The smallest absolute Gasteiger partial charge is 0.117 e. The normalized spacial score (nSPS) is 13.7. The number of aliphatic hydroxyl groups is 1. The molecule has 5 nitrogen and oxygen atoms in total. The first-order valence-electron chi connectivity index (χ1n) is 8.70. The molecule has 1 unspecified atom stereocenters. The van der Waals surface area contributed by atoms with Crippen LogP contribution in [0.2, 0.25) is 0 Å². The Hall–Kier alpha value is -1.59. The van der Waals surface area contributed by atoms with Gasteiger partial charge in [-0.05, 0) is 53.2 Å². The molecule has 0 aliphatic carbocycles. The Morgan fingerprint density at radius 2 is 2.00 bits per heavy atom. The van der Waals surface area contributed by atoms with E-state index in [2.05, 4.69) is 51.1 Å². The Kier molecular flexibility index (Phi) is 5.88. The van der Waals surface area contributed by atoms with Gasteiger partial charge in [-0.1, -0.05) is 6.92 Å². The van der Waals surface area contributed by atoms with Crippen molar-refractivity contribution in [2.24, 2.45) is 0 Å². The number of hydrogen-bond donors (Lipinski definition) is 1. The number of aryl methyl sites for hydroxylation is 1. The van der Waals surface area contributed by atoms with Crippen LogP contribution in [-0.4, -0.2) is 32.4 Å². The molecule has 1 N–H and O–H groups in total. The van der Waals surface area contributed by atoms with Gasteiger partial charge in [0.1, 0.15) is 5.76 Å². The van der Waals surface area contributed by atoms with E-state index in [1.54, 1.807) is 6.26 Å². The first-order chi connectivity index (χ1) is 11.3. The minimum Gasteiger partial charge on any atom is -0.468 e. The molecule has 2 aromatic heterocycles. The molecule has 1 atom stereocenters. The van der Waals surface area contributed by atoms with E-state index in [9.17, 15) is 5.11 Å². The molecule has 2 aromatic rings. The summed E-state index contributed by atoms with van der Waals surface area (Å²) in [6, 6.07) is 3.99. The summed E-state index contributed by atoms with van der Waals surface area (Å²) in [5.74, 6) is 0.917. The lowest BCUT2D eigenvalue weighted by Gasteiger charge is -2.29. The third-order valence-corrected chi connectivity index (χ3v) is 4.58. The number of hydrogen-bond acceptors (Lipinski definition) is 4. The first-order valence-corrected chi connectivity index (χ1v) is 8.70. The fourth-order valence-corrected chi connectivity index (χ4v) is 3.18. The van der Waals surface area contributed by atoms with Crippen LogP contribution in [0.1, 0.15) is 56.8 Å². The minimum absolute atomic E-state index is 0.0416. The molecular formula is C19H31N3O2. The summed E-state index contributed by atoms with van der Waals surface area (Å²) < 4.78 is 7.62. The zero-order chi connectivity index (χ0) is 17.9. The van der Waals surface area contributed by atoms with Gasteiger partial charge >= 0.3 is 0 Å². The predicted molar refractivity (Wildman–Crippen MR) is 95.8 cm³/mol. The second kappa shape index (κ2) is 7.53. The Labute approximate surface area is 145 Å². The SMILES string of the molecule is CCC(CO)N(Cc1ccco1)Cc1c(C)nn(C(C)(C)C)c1C. The molecule has 24 heavy (non-hydrogen) atoms. The van der Waals surface area contributed by atoms with Gasteiger partial charge in [0.05, 0.1) is 30.6 Å². The van der Waals surface area contributed by atoms with Crippen molar-refractivity contribution in [3.8, 4) is 0 Å². The van der Waals surface area contributed by atoms with E-state index >= 15 is 0 Å². The molecule has 0 aliphatic heterocycles. The van der Waals surface area contributed by atoms with Crippen LogP contribution >= 0.6 is 0 Å².